The van der Waals surface area contributed by atoms with Gasteiger partial charge in [-0.05, 0) is 34.5 Å². The summed E-state index contributed by atoms with van der Waals surface area (Å²) >= 11 is 3.39. The molecular formula is C9H10BrN3. The van der Waals surface area contributed by atoms with E-state index in [0.29, 0.717) is 0 Å². The Bertz CT molecular complexity index is 422. The summed E-state index contributed by atoms with van der Waals surface area (Å²) in [6.45, 7) is 2.13. The van der Waals surface area contributed by atoms with E-state index in [1.54, 1.807) is 4.52 Å². The van der Waals surface area contributed by atoms with E-state index >= 15 is 0 Å². The van der Waals surface area contributed by atoms with Crippen LogP contribution in [-0.2, 0) is 6.42 Å². The minimum Gasteiger partial charge on any atom is -0.220 e. The zero-order valence-corrected chi connectivity index (χ0v) is 8.95. The predicted molar refractivity (Wildman–Crippen MR) is 54.7 cm³/mol. The normalized spacial score (nSPS) is 10.9. The smallest absolute Gasteiger partial charge is 0.155 e. The van der Waals surface area contributed by atoms with Crippen molar-refractivity contribution in [1.82, 2.24) is 14.6 Å². The molecule has 13 heavy (non-hydrogen) atoms. The summed E-state index contributed by atoms with van der Waals surface area (Å²) in [4.78, 5) is 4.37. The molecule has 0 aromatic carbocycles. The standard InChI is InChI=1S/C9H10BrN3/c1-2-3-8-11-9-5-4-7(10)6-13(9)12-8/h4-6H,2-3H2,1H3. The number of aryl methyl sites for hydroxylation is 1. The third-order valence-corrected chi connectivity index (χ3v) is 2.28. The van der Waals surface area contributed by atoms with Crippen molar-refractivity contribution in [3.05, 3.63) is 28.6 Å². The van der Waals surface area contributed by atoms with Crippen LogP contribution in [0.2, 0.25) is 0 Å². The van der Waals surface area contributed by atoms with Crippen molar-refractivity contribution in [3.8, 4) is 0 Å². The topological polar surface area (TPSA) is 30.2 Å². The zero-order valence-electron chi connectivity index (χ0n) is 7.37. The first-order valence-corrected chi connectivity index (χ1v) is 5.09. The summed E-state index contributed by atoms with van der Waals surface area (Å²) in [6, 6.07) is 3.93. The Labute approximate surface area is 84.9 Å². The van der Waals surface area contributed by atoms with Gasteiger partial charge < -0.3 is 0 Å². The molecule has 0 saturated heterocycles. The van der Waals surface area contributed by atoms with Gasteiger partial charge in [-0.15, -0.1) is 0 Å². The molecular weight excluding hydrogens is 230 g/mol. The molecule has 2 aromatic heterocycles. The summed E-state index contributed by atoms with van der Waals surface area (Å²) < 4.78 is 2.82. The second kappa shape index (κ2) is 3.46. The second-order valence-electron chi connectivity index (χ2n) is 2.93. The van der Waals surface area contributed by atoms with E-state index in [4.69, 9.17) is 0 Å². The fourth-order valence-electron chi connectivity index (χ4n) is 1.23. The predicted octanol–water partition coefficient (Wildman–Crippen LogP) is 2.44. The van der Waals surface area contributed by atoms with Crippen LogP contribution in [0.4, 0.5) is 0 Å². The minimum atomic E-state index is 0.909. The van der Waals surface area contributed by atoms with Crippen LogP contribution in [0.3, 0.4) is 0 Å². The first kappa shape index (κ1) is 8.69. The van der Waals surface area contributed by atoms with E-state index in [9.17, 15) is 0 Å². The second-order valence-corrected chi connectivity index (χ2v) is 3.84. The molecule has 0 saturated carbocycles. The molecule has 0 N–H and O–H groups in total. The van der Waals surface area contributed by atoms with Gasteiger partial charge in [0.25, 0.3) is 0 Å². The molecule has 0 atom stereocenters. The Kier molecular flexibility index (Phi) is 2.31. The fraction of sp³-hybridized carbons (Fsp3) is 0.333. The maximum absolute atomic E-state index is 4.37. The number of halogens is 1. The van der Waals surface area contributed by atoms with Crippen LogP contribution in [0.25, 0.3) is 5.65 Å². The number of hydrogen-bond acceptors (Lipinski definition) is 2. The lowest BCUT2D eigenvalue weighted by molar-refractivity contribution is 0.818. The number of pyridine rings is 1. The molecule has 0 fully saturated rings. The minimum absolute atomic E-state index is 0.909. The summed E-state index contributed by atoms with van der Waals surface area (Å²) in [5.41, 5.74) is 0.909. The molecule has 0 aliphatic carbocycles. The molecule has 0 unspecified atom stereocenters. The van der Waals surface area contributed by atoms with Gasteiger partial charge in [-0.1, -0.05) is 6.92 Å². The lowest BCUT2D eigenvalue weighted by Gasteiger charge is -1.90. The monoisotopic (exact) mass is 239 g/mol. The van der Waals surface area contributed by atoms with Gasteiger partial charge in [0.1, 0.15) is 0 Å². The number of hydrogen-bond donors (Lipinski definition) is 0. The van der Waals surface area contributed by atoms with Crippen molar-refractivity contribution in [2.45, 2.75) is 19.8 Å². The van der Waals surface area contributed by atoms with Crippen molar-refractivity contribution in [1.29, 1.82) is 0 Å². The Morgan fingerprint density at radius 2 is 2.31 bits per heavy atom. The van der Waals surface area contributed by atoms with Gasteiger partial charge in [0, 0.05) is 17.1 Å². The number of fused-ring (bicyclic) bond motifs is 1. The Morgan fingerprint density at radius 1 is 1.46 bits per heavy atom. The maximum atomic E-state index is 4.37. The van der Waals surface area contributed by atoms with E-state index in [1.165, 1.54) is 0 Å². The van der Waals surface area contributed by atoms with Crippen molar-refractivity contribution in [3.63, 3.8) is 0 Å². The third kappa shape index (κ3) is 1.72. The van der Waals surface area contributed by atoms with Gasteiger partial charge in [0.15, 0.2) is 11.5 Å². The molecule has 3 nitrogen and oxygen atoms in total. The molecule has 2 aromatic rings. The molecule has 2 rings (SSSR count). The summed E-state index contributed by atoms with van der Waals surface area (Å²) in [7, 11) is 0. The van der Waals surface area contributed by atoms with E-state index in [1.807, 2.05) is 18.3 Å². The molecule has 0 radical (unpaired) electrons. The van der Waals surface area contributed by atoms with Crippen molar-refractivity contribution in [2.75, 3.05) is 0 Å². The van der Waals surface area contributed by atoms with Crippen LogP contribution >= 0.6 is 15.9 Å². The highest BCUT2D eigenvalue weighted by atomic mass is 79.9. The average molecular weight is 240 g/mol. The van der Waals surface area contributed by atoms with Gasteiger partial charge in [0.05, 0.1) is 0 Å². The van der Waals surface area contributed by atoms with Crippen LogP contribution in [0, 0.1) is 0 Å². The van der Waals surface area contributed by atoms with Gasteiger partial charge in [-0.25, -0.2) is 9.50 Å². The molecule has 0 bridgehead atoms. The highest BCUT2D eigenvalue weighted by molar-refractivity contribution is 9.10. The van der Waals surface area contributed by atoms with Gasteiger partial charge in [-0.3, -0.25) is 0 Å². The molecule has 2 heterocycles. The highest BCUT2D eigenvalue weighted by Crippen LogP contribution is 2.10. The first-order valence-electron chi connectivity index (χ1n) is 4.30. The molecule has 0 amide bonds. The molecule has 4 heteroatoms. The summed E-state index contributed by atoms with van der Waals surface area (Å²) in [5, 5.41) is 4.34. The van der Waals surface area contributed by atoms with E-state index < -0.39 is 0 Å². The van der Waals surface area contributed by atoms with E-state index in [0.717, 1.165) is 28.8 Å². The fourth-order valence-corrected chi connectivity index (χ4v) is 1.56. The summed E-state index contributed by atoms with van der Waals surface area (Å²) in [6.07, 6.45) is 3.94. The lowest BCUT2D eigenvalue weighted by Crippen LogP contribution is -1.88. The van der Waals surface area contributed by atoms with Crippen molar-refractivity contribution < 1.29 is 0 Å². The largest absolute Gasteiger partial charge is 0.220 e. The van der Waals surface area contributed by atoms with Crippen LogP contribution in [0.15, 0.2) is 22.8 Å². The molecule has 0 aliphatic heterocycles. The average Bonchev–Trinajstić information content (AvgIpc) is 2.46. The highest BCUT2D eigenvalue weighted by Gasteiger charge is 2.01. The first-order chi connectivity index (χ1) is 6.29. The number of aromatic nitrogens is 3. The maximum Gasteiger partial charge on any atom is 0.155 e. The Hall–Kier alpha value is -0.900. The van der Waals surface area contributed by atoms with E-state index in [2.05, 4.69) is 32.9 Å². The van der Waals surface area contributed by atoms with Crippen LogP contribution < -0.4 is 0 Å². The quantitative estimate of drug-likeness (QED) is 0.806. The Balaban J connectivity index is 2.49. The van der Waals surface area contributed by atoms with Gasteiger partial charge in [-0.2, -0.15) is 5.10 Å². The van der Waals surface area contributed by atoms with Crippen LogP contribution in [-0.4, -0.2) is 14.6 Å². The van der Waals surface area contributed by atoms with E-state index in [-0.39, 0.29) is 0 Å². The zero-order chi connectivity index (χ0) is 9.26. The number of rotatable bonds is 2. The van der Waals surface area contributed by atoms with Crippen LogP contribution in [0.1, 0.15) is 19.2 Å². The SMILES string of the molecule is CCCc1nc2ccc(Br)cn2n1. The molecule has 68 valence electrons. The lowest BCUT2D eigenvalue weighted by atomic mass is 10.3. The van der Waals surface area contributed by atoms with Crippen molar-refractivity contribution in [2.24, 2.45) is 0 Å². The summed E-state index contributed by atoms with van der Waals surface area (Å²) in [5.74, 6) is 0.917. The molecule has 0 spiro atoms. The van der Waals surface area contributed by atoms with Crippen molar-refractivity contribution >= 4 is 21.6 Å². The van der Waals surface area contributed by atoms with Crippen LogP contribution in [0.5, 0.6) is 0 Å². The molecule has 0 aliphatic rings. The van der Waals surface area contributed by atoms with Gasteiger partial charge >= 0.3 is 0 Å². The third-order valence-electron chi connectivity index (χ3n) is 1.81. The number of nitrogens with zero attached hydrogens (tertiary/aromatic N) is 3. The Morgan fingerprint density at radius 3 is 3.08 bits per heavy atom. The van der Waals surface area contributed by atoms with Gasteiger partial charge in [0.2, 0.25) is 0 Å².